The molecule has 0 unspecified atom stereocenters. The van der Waals surface area contributed by atoms with Gasteiger partial charge in [-0.25, -0.2) is 0 Å². The van der Waals surface area contributed by atoms with Crippen LogP contribution in [0.2, 0.25) is 5.02 Å². The molecule has 2 aromatic carbocycles. The predicted molar refractivity (Wildman–Crippen MR) is 114 cm³/mol. The Bertz CT molecular complexity index is 963. The third-order valence-corrected chi connectivity index (χ3v) is 5.25. The summed E-state index contributed by atoms with van der Waals surface area (Å²) in [6.45, 7) is 0.490. The first-order chi connectivity index (χ1) is 14.1. The first kappa shape index (κ1) is 21.0. The van der Waals surface area contributed by atoms with E-state index in [0.717, 1.165) is 5.16 Å². The van der Waals surface area contributed by atoms with E-state index in [2.05, 4.69) is 15.5 Å². The molecule has 1 amide bonds. The van der Waals surface area contributed by atoms with Gasteiger partial charge < -0.3 is 19.4 Å². The summed E-state index contributed by atoms with van der Waals surface area (Å²) in [6, 6.07) is 14.5. The van der Waals surface area contributed by atoms with Crippen LogP contribution in [0.15, 0.2) is 53.7 Å². The van der Waals surface area contributed by atoms with E-state index in [-0.39, 0.29) is 12.3 Å². The van der Waals surface area contributed by atoms with Gasteiger partial charge in [-0.05, 0) is 36.4 Å². The molecule has 0 fully saturated rings. The molecule has 0 saturated heterocycles. The maximum absolute atomic E-state index is 12.2. The molecular weight excluding hydrogens is 412 g/mol. The van der Waals surface area contributed by atoms with E-state index in [0.29, 0.717) is 40.4 Å². The quantitative estimate of drug-likeness (QED) is 0.409. The highest BCUT2D eigenvalue weighted by Crippen LogP contribution is 2.26. The van der Waals surface area contributed by atoms with Crippen molar-refractivity contribution in [3.8, 4) is 11.5 Å². The third-order valence-electron chi connectivity index (χ3n) is 4.01. The van der Waals surface area contributed by atoms with Crippen LogP contribution in [-0.2, 0) is 18.3 Å². The summed E-state index contributed by atoms with van der Waals surface area (Å²) in [5.41, 5.74) is 0.685. The number of nitrogens with zero attached hydrogens (tertiary/aromatic N) is 3. The lowest BCUT2D eigenvalue weighted by molar-refractivity contribution is -0.115. The second kappa shape index (κ2) is 10.2. The molecule has 0 aliphatic rings. The number of carbonyl (C=O) groups is 1. The maximum atomic E-state index is 12.2. The number of anilines is 1. The van der Waals surface area contributed by atoms with Crippen molar-refractivity contribution in [3.63, 3.8) is 0 Å². The summed E-state index contributed by atoms with van der Waals surface area (Å²) >= 11 is 7.36. The number of hydrogen-bond donors (Lipinski definition) is 1. The molecule has 1 heterocycles. The molecule has 3 rings (SSSR count). The molecular formula is C20H21ClN4O3S. The maximum Gasteiger partial charge on any atom is 0.232 e. The zero-order valence-electron chi connectivity index (χ0n) is 16.1. The van der Waals surface area contributed by atoms with Crippen molar-refractivity contribution in [2.75, 3.05) is 24.8 Å². The van der Waals surface area contributed by atoms with Gasteiger partial charge in [0.15, 0.2) is 16.7 Å². The molecule has 0 aliphatic heterocycles. The minimum absolute atomic E-state index is 0.129. The van der Waals surface area contributed by atoms with Gasteiger partial charge in [-0.15, -0.1) is 10.2 Å². The summed E-state index contributed by atoms with van der Waals surface area (Å²) in [7, 11) is 3.45. The van der Waals surface area contributed by atoms with Crippen LogP contribution >= 0.6 is 23.4 Å². The number of carbonyl (C=O) groups excluding carboxylic acids is 1. The molecule has 29 heavy (non-hydrogen) atoms. The van der Waals surface area contributed by atoms with Crippen molar-refractivity contribution in [1.82, 2.24) is 14.8 Å². The Morgan fingerprint density at radius 3 is 2.59 bits per heavy atom. The lowest BCUT2D eigenvalue weighted by atomic mass is 10.3. The van der Waals surface area contributed by atoms with Gasteiger partial charge in [-0.1, -0.05) is 35.5 Å². The van der Waals surface area contributed by atoms with Crippen LogP contribution < -0.4 is 14.8 Å². The van der Waals surface area contributed by atoms with Gasteiger partial charge in [0.05, 0.1) is 20.1 Å². The SMILES string of the molecule is COc1ccccc1OCCSc1nnc(CC(=O)Nc2ccc(Cl)cc2)n1C. The number of para-hydroxylation sites is 2. The van der Waals surface area contributed by atoms with Crippen LogP contribution in [0.25, 0.3) is 0 Å². The van der Waals surface area contributed by atoms with Gasteiger partial charge >= 0.3 is 0 Å². The monoisotopic (exact) mass is 432 g/mol. The van der Waals surface area contributed by atoms with E-state index in [1.54, 1.807) is 31.4 Å². The summed E-state index contributed by atoms with van der Waals surface area (Å²) < 4.78 is 12.8. The van der Waals surface area contributed by atoms with Crippen LogP contribution in [-0.4, -0.2) is 40.1 Å². The molecule has 7 nitrogen and oxygen atoms in total. The highest BCUT2D eigenvalue weighted by molar-refractivity contribution is 7.99. The van der Waals surface area contributed by atoms with Gasteiger partial charge in [-0.3, -0.25) is 4.79 Å². The van der Waals surface area contributed by atoms with E-state index < -0.39 is 0 Å². The first-order valence-electron chi connectivity index (χ1n) is 8.89. The molecule has 0 radical (unpaired) electrons. The van der Waals surface area contributed by atoms with Gasteiger partial charge in [-0.2, -0.15) is 0 Å². The van der Waals surface area contributed by atoms with E-state index in [9.17, 15) is 4.79 Å². The Kier molecular flexibility index (Phi) is 7.37. The van der Waals surface area contributed by atoms with Crippen molar-refractivity contribution in [1.29, 1.82) is 0 Å². The molecule has 1 aromatic heterocycles. The number of hydrogen-bond acceptors (Lipinski definition) is 6. The Labute approximate surface area is 178 Å². The number of rotatable bonds is 9. The summed E-state index contributed by atoms with van der Waals surface area (Å²) in [5.74, 6) is 2.50. The number of ether oxygens (including phenoxy) is 2. The number of aromatic nitrogens is 3. The average Bonchev–Trinajstić information content (AvgIpc) is 3.06. The highest BCUT2D eigenvalue weighted by atomic mass is 35.5. The van der Waals surface area contributed by atoms with Crippen molar-refractivity contribution < 1.29 is 14.3 Å². The predicted octanol–water partition coefficient (Wildman–Crippen LogP) is 3.83. The molecule has 0 aliphatic carbocycles. The largest absolute Gasteiger partial charge is 0.493 e. The van der Waals surface area contributed by atoms with Gasteiger partial charge in [0, 0.05) is 23.5 Å². The second-order valence-electron chi connectivity index (χ2n) is 6.04. The Morgan fingerprint density at radius 2 is 1.86 bits per heavy atom. The Morgan fingerprint density at radius 1 is 1.14 bits per heavy atom. The van der Waals surface area contributed by atoms with Crippen LogP contribution in [0.5, 0.6) is 11.5 Å². The van der Waals surface area contributed by atoms with Crippen molar-refractivity contribution in [2.24, 2.45) is 7.05 Å². The third kappa shape index (κ3) is 5.88. The molecule has 0 saturated carbocycles. The second-order valence-corrected chi connectivity index (χ2v) is 7.54. The van der Waals surface area contributed by atoms with Gasteiger partial charge in [0.25, 0.3) is 0 Å². The fraction of sp³-hybridized carbons (Fsp3) is 0.250. The van der Waals surface area contributed by atoms with E-state index in [1.807, 2.05) is 35.9 Å². The molecule has 0 atom stereocenters. The number of amides is 1. The van der Waals surface area contributed by atoms with Gasteiger partial charge in [0.2, 0.25) is 5.91 Å². The summed E-state index contributed by atoms with van der Waals surface area (Å²) in [4.78, 5) is 12.2. The number of halogens is 1. The zero-order chi connectivity index (χ0) is 20.6. The Hall–Kier alpha value is -2.71. The fourth-order valence-corrected chi connectivity index (χ4v) is 3.40. The molecule has 0 spiro atoms. The molecule has 9 heteroatoms. The van der Waals surface area contributed by atoms with Crippen LogP contribution in [0.1, 0.15) is 5.82 Å². The van der Waals surface area contributed by atoms with Crippen LogP contribution in [0, 0.1) is 0 Å². The van der Waals surface area contributed by atoms with Gasteiger partial charge in [0.1, 0.15) is 5.82 Å². The fourth-order valence-electron chi connectivity index (χ4n) is 2.53. The lowest BCUT2D eigenvalue weighted by Crippen LogP contribution is -2.17. The van der Waals surface area contributed by atoms with Crippen molar-refractivity contribution >= 4 is 35.0 Å². The highest BCUT2D eigenvalue weighted by Gasteiger charge is 2.13. The molecule has 3 aromatic rings. The molecule has 0 bridgehead atoms. The van der Waals surface area contributed by atoms with Crippen LogP contribution in [0.3, 0.4) is 0 Å². The molecule has 152 valence electrons. The summed E-state index contributed by atoms with van der Waals surface area (Å²) in [6.07, 6.45) is 0.129. The number of methoxy groups -OCH3 is 1. The zero-order valence-corrected chi connectivity index (χ0v) is 17.7. The van der Waals surface area contributed by atoms with Crippen molar-refractivity contribution in [3.05, 3.63) is 59.4 Å². The van der Waals surface area contributed by atoms with Crippen molar-refractivity contribution in [2.45, 2.75) is 11.6 Å². The van der Waals surface area contributed by atoms with E-state index >= 15 is 0 Å². The smallest absolute Gasteiger partial charge is 0.232 e. The number of nitrogens with one attached hydrogen (secondary N) is 1. The minimum Gasteiger partial charge on any atom is -0.493 e. The topological polar surface area (TPSA) is 78.3 Å². The van der Waals surface area contributed by atoms with E-state index in [4.69, 9.17) is 21.1 Å². The lowest BCUT2D eigenvalue weighted by Gasteiger charge is -2.10. The number of benzene rings is 2. The summed E-state index contributed by atoms with van der Waals surface area (Å²) in [5, 5.41) is 12.5. The molecule has 1 N–H and O–H groups in total. The standard InChI is InChI=1S/C20H21ClN4O3S/c1-25-18(13-19(26)22-15-9-7-14(21)8-10-15)23-24-20(25)29-12-11-28-17-6-4-3-5-16(17)27-2/h3-10H,11-13H2,1-2H3,(H,22,26). The number of thioether (sulfide) groups is 1. The Balaban J connectivity index is 1.48. The average molecular weight is 433 g/mol. The normalized spacial score (nSPS) is 10.6. The first-order valence-corrected chi connectivity index (χ1v) is 10.3. The van der Waals surface area contributed by atoms with Crippen LogP contribution in [0.4, 0.5) is 5.69 Å². The minimum atomic E-state index is -0.168. The van der Waals surface area contributed by atoms with E-state index in [1.165, 1.54) is 11.8 Å².